The van der Waals surface area contributed by atoms with Crippen LogP contribution in [0, 0.1) is 5.41 Å². The molecule has 1 aromatic heterocycles. The van der Waals surface area contributed by atoms with Crippen LogP contribution in [-0.2, 0) is 16.0 Å². The number of carbonyl (C=O) groups is 3. The first kappa shape index (κ1) is 22.8. The summed E-state index contributed by atoms with van der Waals surface area (Å²) in [5.41, 5.74) is -0.727. The molecule has 6 nitrogen and oxygen atoms in total. The van der Waals surface area contributed by atoms with Gasteiger partial charge in [0.1, 0.15) is 12.3 Å². The van der Waals surface area contributed by atoms with Crippen LogP contribution in [0.3, 0.4) is 0 Å². The largest absolute Gasteiger partial charge is 0.332 e. The summed E-state index contributed by atoms with van der Waals surface area (Å²) in [4.78, 5) is 40.6. The van der Waals surface area contributed by atoms with Crippen molar-refractivity contribution in [3.8, 4) is 0 Å². The van der Waals surface area contributed by atoms with Crippen molar-refractivity contribution in [2.45, 2.75) is 89.8 Å². The average Bonchev–Trinajstić information content (AvgIpc) is 3.36. The van der Waals surface area contributed by atoms with Gasteiger partial charge in [-0.3, -0.25) is 4.79 Å². The monoisotopic (exact) mass is 433 g/mol. The Balaban J connectivity index is 1.72. The molecule has 2 N–H and O–H groups in total. The highest BCUT2D eigenvalue weighted by atomic mass is 32.1. The summed E-state index contributed by atoms with van der Waals surface area (Å²) < 4.78 is 0. The third-order valence-corrected chi connectivity index (χ3v) is 7.29. The Morgan fingerprint density at radius 3 is 2.60 bits per heavy atom. The number of rotatable bonds is 6. The molecule has 166 valence electrons. The van der Waals surface area contributed by atoms with Gasteiger partial charge in [-0.2, -0.15) is 0 Å². The van der Waals surface area contributed by atoms with Crippen LogP contribution in [-0.4, -0.2) is 47.3 Å². The molecule has 3 rings (SSSR count). The Morgan fingerprint density at radius 1 is 1.27 bits per heavy atom. The number of hydrogen-bond acceptors (Lipinski definition) is 4. The number of amides is 3. The highest BCUT2D eigenvalue weighted by Gasteiger charge is 2.41. The fourth-order valence-electron chi connectivity index (χ4n) is 4.75. The van der Waals surface area contributed by atoms with Crippen LogP contribution in [0.5, 0.6) is 0 Å². The molecule has 3 amide bonds. The summed E-state index contributed by atoms with van der Waals surface area (Å²) in [7, 11) is 0. The normalized spacial score (nSPS) is 22.4. The Hall–Kier alpha value is -1.89. The van der Waals surface area contributed by atoms with Crippen molar-refractivity contribution in [2.75, 3.05) is 6.54 Å². The van der Waals surface area contributed by atoms with Gasteiger partial charge < -0.3 is 20.3 Å². The third kappa shape index (κ3) is 5.42. The van der Waals surface area contributed by atoms with Gasteiger partial charge >= 0.3 is 6.03 Å². The summed E-state index contributed by atoms with van der Waals surface area (Å²) in [5, 5.41) is 8.31. The second-order valence-corrected chi connectivity index (χ2v) is 10.9. The van der Waals surface area contributed by atoms with Gasteiger partial charge in [-0.15, -0.1) is 11.3 Å². The van der Waals surface area contributed by atoms with Crippen LogP contribution in [0.15, 0.2) is 17.5 Å². The number of likely N-dealkylation sites (tertiary alicyclic amines) is 1. The molecule has 7 heteroatoms. The number of thiophene rings is 1. The van der Waals surface area contributed by atoms with E-state index < -0.39 is 11.5 Å². The number of nitrogens with one attached hydrogen (secondary N) is 2. The first-order valence-electron chi connectivity index (χ1n) is 11.1. The van der Waals surface area contributed by atoms with Crippen molar-refractivity contribution < 1.29 is 14.4 Å². The maximum Gasteiger partial charge on any atom is 0.315 e. The summed E-state index contributed by atoms with van der Waals surface area (Å²) in [5.74, 6) is -0.164. The Morgan fingerprint density at radius 2 is 2.00 bits per heavy atom. The molecule has 0 aromatic carbocycles. The minimum absolute atomic E-state index is 0.164. The lowest BCUT2D eigenvalue weighted by Crippen LogP contribution is -2.61. The molecule has 1 aliphatic heterocycles. The molecule has 2 aliphatic rings. The molecule has 0 spiro atoms. The second kappa shape index (κ2) is 9.50. The van der Waals surface area contributed by atoms with E-state index in [1.807, 2.05) is 26.8 Å². The van der Waals surface area contributed by atoms with E-state index in [9.17, 15) is 14.4 Å². The van der Waals surface area contributed by atoms with E-state index in [2.05, 4.69) is 22.1 Å². The minimum atomic E-state index is -0.680. The number of urea groups is 1. The summed E-state index contributed by atoms with van der Waals surface area (Å²) in [6, 6.07) is 2.82. The van der Waals surface area contributed by atoms with Crippen molar-refractivity contribution in [1.29, 1.82) is 0 Å². The first-order valence-corrected chi connectivity index (χ1v) is 12.0. The summed E-state index contributed by atoms with van der Waals surface area (Å²) >= 11 is 1.72. The van der Waals surface area contributed by atoms with Crippen LogP contribution < -0.4 is 10.6 Å². The van der Waals surface area contributed by atoms with Gasteiger partial charge in [0.05, 0.1) is 6.04 Å². The maximum absolute atomic E-state index is 13.3. The lowest BCUT2D eigenvalue weighted by atomic mass is 9.79. The van der Waals surface area contributed by atoms with Crippen LogP contribution in [0.4, 0.5) is 4.79 Å². The van der Waals surface area contributed by atoms with Crippen LogP contribution in [0.2, 0.25) is 0 Å². The quantitative estimate of drug-likeness (QED) is 0.668. The molecule has 2 fully saturated rings. The lowest BCUT2D eigenvalue weighted by molar-refractivity contribution is -0.138. The average molecular weight is 434 g/mol. The van der Waals surface area contributed by atoms with Crippen LogP contribution in [0.1, 0.15) is 70.6 Å². The Kier molecular flexibility index (Phi) is 7.22. The van der Waals surface area contributed by atoms with E-state index in [1.165, 1.54) is 11.3 Å². The zero-order valence-corrected chi connectivity index (χ0v) is 19.2. The minimum Gasteiger partial charge on any atom is -0.332 e. The van der Waals surface area contributed by atoms with Crippen molar-refractivity contribution in [2.24, 2.45) is 5.41 Å². The fourth-order valence-corrected chi connectivity index (χ4v) is 5.60. The van der Waals surface area contributed by atoms with Gasteiger partial charge in [-0.05, 0) is 42.5 Å². The molecule has 30 heavy (non-hydrogen) atoms. The molecule has 2 atom stereocenters. The molecule has 2 heterocycles. The van der Waals surface area contributed by atoms with Crippen molar-refractivity contribution >= 4 is 29.6 Å². The first-order chi connectivity index (χ1) is 14.2. The molecular weight excluding hydrogens is 398 g/mol. The van der Waals surface area contributed by atoms with Crippen LogP contribution >= 0.6 is 11.3 Å². The molecule has 1 aliphatic carbocycles. The van der Waals surface area contributed by atoms with E-state index in [4.69, 9.17) is 0 Å². The smallest absolute Gasteiger partial charge is 0.315 e. The van der Waals surface area contributed by atoms with Gasteiger partial charge in [-0.1, -0.05) is 46.1 Å². The third-order valence-electron chi connectivity index (χ3n) is 6.41. The maximum atomic E-state index is 13.3. The SMILES string of the molecule is CC(C)(C)C(NC(=O)NC1(Cc2cccs2)CCCCC1)C(=O)N1CCCC1C=O. The van der Waals surface area contributed by atoms with E-state index in [0.29, 0.717) is 13.0 Å². The zero-order chi connectivity index (χ0) is 21.8. The molecule has 0 bridgehead atoms. The number of nitrogens with zero attached hydrogens (tertiary/aromatic N) is 1. The highest BCUT2D eigenvalue weighted by Crippen LogP contribution is 2.33. The highest BCUT2D eigenvalue weighted by molar-refractivity contribution is 7.09. The predicted molar refractivity (Wildman–Crippen MR) is 120 cm³/mol. The molecular formula is C23H35N3O3S. The van der Waals surface area contributed by atoms with Crippen LogP contribution in [0.25, 0.3) is 0 Å². The van der Waals surface area contributed by atoms with Crippen molar-refractivity contribution in [3.05, 3.63) is 22.4 Å². The number of carbonyl (C=O) groups excluding carboxylic acids is 3. The second-order valence-electron chi connectivity index (χ2n) is 9.87. The van der Waals surface area contributed by atoms with Crippen molar-refractivity contribution in [3.63, 3.8) is 0 Å². The fraction of sp³-hybridized carbons (Fsp3) is 0.696. The Labute approximate surface area is 183 Å². The standard InChI is InChI=1S/C23H35N3O3S/c1-22(2,3)19(20(28)26-13-7-9-17(26)16-27)24-21(29)25-23(11-5-4-6-12-23)15-18-10-8-14-30-18/h8,10,14,16-17,19H,4-7,9,11-13,15H2,1-3H3,(H2,24,25,29). The van der Waals surface area contributed by atoms with E-state index in [-0.39, 0.29) is 23.5 Å². The molecule has 1 aromatic rings. The van der Waals surface area contributed by atoms with Gasteiger partial charge in [0.25, 0.3) is 0 Å². The van der Waals surface area contributed by atoms with Gasteiger partial charge in [-0.25, -0.2) is 4.79 Å². The van der Waals surface area contributed by atoms with E-state index >= 15 is 0 Å². The molecule has 0 radical (unpaired) electrons. The number of aldehydes is 1. The number of hydrogen-bond donors (Lipinski definition) is 2. The van der Waals surface area contributed by atoms with Gasteiger partial charge in [0.15, 0.2) is 0 Å². The van der Waals surface area contributed by atoms with E-state index in [1.54, 1.807) is 16.2 Å². The van der Waals surface area contributed by atoms with E-state index in [0.717, 1.165) is 44.8 Å². The summed E-state index contributed by atoms with van der Waals surface area (Å²) in [6.07, 6.45) is 8.49. The molecule has 1 saturated carbocycles. The van der Waals surface area contributed by atoms with Crippen molar-refractivity contribution in [1.82, 2.24) is 15.5 Å². The topological polar surface area (TPSA) is 78.5 Å². The molecule has 1 saturated heterocycles. The predicted octanol–water partition coefficient (Wildman–Crippen LogP) is 3.90. The van der Waals surface area contributed by atoms with Gasteiger partial charge in [0.2, 0.25) is 5.91 Å². The Bertz CT molecular complexity index is 735. The molecule has 2 unspecified atom stereocenters. The summed E-state index contributed by atoms with van der Waals surface area (Å²) in [6.45, 7) is 6.41. The van der Waals surface area contributed by atoms with Gasteiger partial charge in [0, 0.05) is 23.4 Å². The zero-order valence-electron chi connectivity index (χ0n) is 18.4. The lowest BCUT2D eigenvalue weighted by Gasteiger charge is -2.40.